The van der Waals surface area contributed by atoms with Crippen LogP contribution in [-0.2, 0) is 0 Å². The fourth-order valence-corrected chi connectivity index (χ4v) is 3.23. The second-order valence-electron chi connectivity index (χ2n) is 7.90. The largest absolute Gasteiger partial charge is 0.393 e. The van der Waals surface area contributed by atoms with Crippen LogP contribution in [0.25, 0.3) is 0 Å². The summed E-state index contributed by atoms with van der Waals surface area (Å²) >= 11 is 0. The first-order valence-electron chi connectivity index (χ1n) is 10.9. The van der Waals surface area contributed by atoms with Crippen LogP contribution in [0.1, 0.15) is 130 Å². The second kappa shape index (κ2) is 18.3. The minimum atomic E-state index is -0.0818. The van der Waals surface area contributed by atoms with E-state index in [1.165, 1.54) is 103 Å². The highest BCUT2D eigenvalue weighted by Crippen LogP contribution is 2.15. The van der Waals surface area contributed by atoms with Gasteiger partial charge in [-0.15, -0.1) is 0 Å². The lowest BCUT2D eigenvalue weighted by Crippen LogP contribution is -2.13. The summed E-state index contributed by atoms with van der Waals surface area (Å²) in [4.78, 5) is 0. The Morgan fingerprint density at radius 1 is 0.522 bits per heavy atom. The van der Waals surface area contributed by atoms with E-state index < -0.39 is 0 Å². The van der Waals surface area contributed by atoms with Crippen LogP contribution >= 0.6 is 0 Å². The molecule has 0 saturated carbocycles. The summed E-state index contributed by atoms with van der Waals surface area (Å²) in [5.41, 5.74) is 0. The lowest BCUT2D eigenvalue weighted by Gasteiger charge is -2.13. The van der Waals surface area contributed by atoms with Crippen molar-refractivity contribution in [1.29, 1.82) is 0 Å². The number of unbranched alkanes of at least 4 members (excludes halogenated alkanes) is 15. The molecular weight excluding hydrogens is 280 g/mol. The van der Waals surface area contributed by atoms with Gasteiger partial charge in [-0.25, -0.2) is 0 Å². The average molecular weight is 327 g/mol. The number of rotatable bonds is 18. The molecule has 0 amide bonds. The third-order valence-electron chi connectivity index (χ3n) is 5.12. The molecule has 0 heterocycles. The van der Waals surface area contributed by atoms with Crippen LogP contribution in [0.5, 0.6) is 0 Å². The van der Waals surface area contributed by atoms with E-state index in [0.29, 0.717) is 5.92 Å². The van der Waals surface area contributed by atoms with E-state index in [4.69, 9.17) is 0 Å². The maximum atomic E-state index is 9.74. The summed E-state index contributed by atoms with van der Waals surface area (Å²) in [5.74, 6) is 0.423. The molecule has 0 rings (SSSR count). The van der Waals surface area contributed by atoms with Crippen molar-refractivity contribution >= 4 is 0 Å². The van der Waals surface area contributed by atoms with Crippen molar-refractivity contribution in [2.75, 3.05) is 0 Å². The Morgan fingerprint density at radius 2 is 0.826 bits per heavy atom. The molecule has 0 radical (unpaired) electrons. The molecule has 140 valence electrons. The maximum absolute atomic E-state index is 9.74. The lowest BCUT2D eigenvalue weighted by atomic mass is 9.99. The molecule has 0 aromatic heterocycles. The standard InChI is InChI=1S/C22H46O/c1-4-5-6-7-8-9-10-11-12-13-14-15-16-17-18-19-20-22(23)21(2)3/h21-23H,4-20H2,1-3H3. The predicted octanol–water partition coefficient (Wildman–Crippen LogP) is 7.65. The van der Waals surface area contributed by atoms with Gasteiger partial charge >= 0.3 is 0 Å². The molecule has 23 heavy (non-hydrogen) atoms. The quantitative estimate of drug-likeness (QED) is 0.256. The van der Waals surface area contributed by atoms with Gasteiger partial charge < -0.3 is 5.11 Å². The molecule has 0 aliphatic rings. The van der Waals surface area contributed by atoms with E-state index in [2.05, 4.69) is 20.8 Å². The Morgan fingerprint density at radius 3 is 1.13 bits per heavy atom. The molecule has 1 heteroatoms. The van der Waals surface area contributed by atoms with Gasteiger partial charge in [0, 0.05) is 0 Å². The first-order chi connectivity index (χ1) is 11.2. The van der Waals surface area contributed by atoms with Crippen molar-refractivity contribution < 1.29 is 5.11 Å². The average Bonchev–Trinajstić information content (AvgIpc) is 2.54. The first kappa shape index (κ1) is 23.0. The Labute approximate surface area is 147 Å². The first-order valence-corrected chi connectivity index (χ1v) is 10.9. The minimum absolute atomic E-state index is 0.0818. The zero-order valence-electron chi connectivity index (χ0n) is 16.6. The van der Waals surface area contributed by atoms with Crippen molar-refractivity contribution in [2.24, 2.45) is 5.92 Å². The van der Waals surface area contributed by atoms with Crippen LogP contribution in [0.2, 0.25) is 0 Å². The van der Waals surface area contributed by atoms with Crippen molar-refractivity contribution in [3.8, 4) is 0 Å². The molecule has 0 aromatic rings. The molecule has 0 bridgehead atoms. The Hall–Kier alpha value is -0.0400. The van der Waals surface area contributed by atoms with Crippen LogP contribution in [0, 0.1) is 5.92 Å². The Bertz CT molecular complexity index is 212. The van der Waals surface area contributed by atoms with Gasteiger partial charge in [0.2, 0.25) is 0 Å². The smallest absolute Gasteiger partial charge is 0.0563 e. The highest BCUT2D eigenvalue weighted by Gasteiger charge is 2.07. The van der Waals surface area contributed by atoms with Crippen molar-refractivity contribution in [3.05, 3.63) is 0 Å². The van der Waals surface area contributed by atoms with Crippen LogP contribution in [0.4, 0.5) is 0 Å². The minimum Gasteiger partial charge on any atom is -0.393 e. The van der Waals surface area contributed by atoms with Gasteiger partial charge in [0.15, 0.2) is 0 Å². The highest BCUT2D eigenvalue weighted by molar-refractivity contribution is 4.59. The zero-order chi connectivity index (χ0) is 17.2. The van der Waals surface area contributed by atoms with Crippen LogP contribution in [0.3, 0.4) is 0 Å². The SMILES string of the molecule is CCCCCCCCCCCCCCCCCCC(O)C(C)C. The Kier molecular flexibility index (Phi) is 18.3. The fourth-order valence-electron chi connectivity index (χ4n) is 3.23. The van der Waals surface area contributed by atoms with Gasteiger partial charge in [0.25, 0.3) is 0 Å². The fraction of sp³-hybridized carbons (Fsp3) is 1.00. The molecule has 1 atom stereocenters. The molecule has 1 N–H and O–H groups in total. The maximum Gasteiger partial charge on any atom is 0.0563 e. The summed E-state index contributed by atoms with van der Waals surface area (Å²) in [7, 11) is 0. The number of hydrogen-bond acceptors (Lipinski definition) is 1. The van der Waals surface area contributed by atoms with Gasteiger partial charge in [-0.05, 0) is 12.3 Å². The molecule has 0 aliphatic heterocycles. The van der Waals surface area contributed by atoms with E-state index in [1.54, 1.807) is 0 Å². The lowest BCUT2D eigenvalue weighted by molar-refractivity contribution is 0.113. The summed E-state index contributed by atoms with van der Waals surface area (Å²) < 4.78 is 0. The summed E-state index contributed by atoms with van der Waals surface area (Å²) in [6.45, 7) is 6.51. The highest BCUT2D eigenvalue weighted by atomic mass is 16.3. The van der Waals surface area contributed by atoms with Crippen molar-refractivity contribution in [3.63, 3.8) is 0 Å². The summed E-state index contributed by atoms with van der Waals surface area (Å²) in [6.07, 6.45) is 23.5. The molecule has 1 unspecified atom stereocenters. The van der Waals surface area contributed by atoms with Gasteiger partial charge in [-0.3, -0.25) is 0 Å². The molecule has 0 aromatic carbocycles. The summed E-state index contributed by atoms with van der Waals surface area (Å²) in [5, 5.41) is 9.74. The number of aliphatic hydroxyl groups is 1. The normalized spacial score (nSPS) is 12.9. The molecular formula is C22H46O. The predicted molar refractivity (Wildman–Crippen MR) is 105 cm³/mol. The van der Waals surface area contributed by atoms with Gasteiger partial charge in [0.05, 0.1) is 6.10 Å². The van der Waals surface area contributed by atoms with E-state index in [1.807, 2.05) is 0 Å². The number of aliphatic hydroxyl groups excluding tert-OH is 1. The monoisotopic (exact) mass is 326 g/mol. The van der Waals surface area contributed by atoms with Gasteiger partial charge in [-0.2, -0.15) is 0 Å². The van der Waals surface area contributed by atoms with E-state index >= 15 is 0 Å². The van der Waals surface area contributed by atoms with Crippen LogP contribution in [0.15, 0.2) is 0 Å². The zero-order valence-corrected chi connectivity index (χ0v) is 16.6. The molecule has 1 nitrogen and oxygen atoms in total. The van der Waals surface area contributed by atoms with Crippen molar-refractivity contribution in [1.82, 2.24) is 0 Å². The Balaban J connectivity index is 3.03. The third-order valence-corrected chi connectivity index (χ3v) is 5.12. The van der Waals surface area contributed by atoms with Gasteiger partial charge in [0.1, 0.15) is 0 Å². The molecule has 0 fully saturated rings. The van der Waals surface area contributed by atoms with E-state index in [0.717, 1.165) is 6.42 Å². The number of hydrogen-bond donors (Lipinski definition) is 1. The third kappa shape index (κ3) is 18.1. The molecule has 0 aliphatic carbocycles. The van der Waals surface area contributed by atoms with E-state index in [-0.39, 0.29) is 6.10 Å². The second-order valence-corrected chi connectivity index (χ2v) is 7.90. The molecule has 0 saturated heterocycles. The van der Waals surface area contributed by atoms with Crippen LogP contribution in [-0.4, -0.2) is 11.2 Å². The summed E-state index contributed by atoms with van der Waals surface area (Å²) in [6, 6.07) is 0. The topological polar surface area (TPSA) is 20.2 Å². The molecule has 0 spiro atoms. The van der Waals surface area contributed by atoms with Gasteiger partial charge in [-0.1, -0.05) is 124 Å². The van der Waals surface area contributed by atoms with E-state index in [9.17, 15) is 5.11 Å². The van der Waals surface area contributed by atoms with Crippen molar-refractivity contribution in [2.45, 2.75) is 136 Å². The van der Waals surface area contributed by atoms with Crippen LogP contribution < -0.4 is 0 Å².